The fourth-order valence-electron chi connectivity index (χ4n) is 2.72. The summed E-state index contributed by atoms with van der Waals surface area (Å²) in [6, 6.07) is 7.78. The van der Waals surface area contributed by atoms with Crippen LogP contribution in [0.1, 0.15) is 16.5 Å². The Hall–Kier alpha value is -2.51. The molecule has 1 aliphatic rings. The molecule has 1 amide bonds. The maximum Gasteiger partial charge on any atom is 0.295 e. The number of halogens is 1. The third-order valence-electron chi connectivity index (χ3n) is 3.81. The van der Waals surface area contributed by atoms with Crippen LogP contribution in [0.4, 0.5) is 4.39 Å². The molecule has 1 saturated heterocycles. The third-order valence-corrected chi connectivity index (χ3v) is 4.74. The molecule has 0 aliphatic carbocycles. The SMILES string of the molecule is O=C1C(=O)N(CCO)C(c2cccs2)/C1=C(/O)c1ccc(F)cc1. The average molecular weight is 347 g/mol. The van der Waals surface area contributed by atoms with Gasteiger partial charge in [0.15, 0.2) is 0 Å². The molecule has 24 heavy (non-hydrogen) atoms. The highest BCUT2D eigenvalue weighted by Gasteiger charge is 2.46. The van der Waals surface area contributed by atoms with Gasteiger partial charge in [0.2, 0.25) is 0 Å². The largest absolute Gasteiger partial charge is 0.507 e. The Morgan fingerprint density at radius 2 is 1.92 bits per heavy atom. The monoisotopic (exact) mass is 347 g/mol. The zero-order chi connectivity index (χ0) is 17.3. The maximum absolute atomic E-state index is 13.1. The van der Waals surface area contributed by atoms with Gasteiger partial charge in [0.05, 0.1) is 18.2 Å². The lowest BCUT2D eigenvalue weighted by molar-refractivity contribution is -0.140. The van der Waals surface area contributed by atoms with E-state index in [-0.39, 0.29) is 30.0 Å². The maximum atomic E-state index is 13.1. The van der Waals surface area contributed by atoms with Crippen LogP contribution in [0, 0.1) is 5.82 Å². The Kier molecular flexibility index (Phi) is 4.46. The minimum atomic E-state index is -0.816. The number of aliphatic hydroxyl groups excluding tert-OH is 2. The van der Waals surface area contributed by atoms with Crippen LogP contribution in [-0.4, -0.2) is 40.0 Å². The molecule has 7 heteroatoms. The number of hydrogen-bond acceptors (Lipinski definition) is 5. The van der Waals surface area contributed by atoms with Gasteiger partial charge in [-0.15, -0.1) is 11.3 Å². The first-order valence-electron chi connectivity index (χ1n) is 7.23. The van der Waals surface area contributed by atoms with Crippen molar-refractivity contribution < 1.29 is 24.2 Å². The van der Waals surface area contributed by atoms with Crippen molar-refractivity contribution in [3.8, 4) is 0 Å². The van der Waals surface area contributed by atoms with Gasteiger partial charge in [0, 0.05) is 17.0 Å². The first-order chi connectivity index (χ1) is 11.5. The molecule has 1 aromatic carbocycles. The number of aliphatic hydroxyl groups is 2. The van der Waals surface area contributed by atoms with Crippen LogP contribution in [0.3, 0.4) is 0 Å². The molecule has 1 aromatic heterocycles. The summed E-state index contributed by atoms with van der Waals surface area (Å²) in [6.07, 6.45) is 0. The fourth-order valence-corrected chi connectivity index (χ4v) is 3.57. The van der Waals surface area contributed by atoms with Gasteiger partial charge in [-0.25, -0.2) is 4.39 Å². The number of β-amino-alcohol motifs (C(OH)–C–C–N with tert-alkyl or cyclic N) is 1. The van der Waals surface area contributed by atoms with Crippen LogP contribution in [0.15, 0.2) is 47.4 Å². The Balaban J connectivity index is 2.15. The van der Waals surface area contributed by atoms with Crippen molar-refractivity contribution in [1.82, 2.24) is 4.90 Å². The zero-order valence-corrected chi connectivity index (χ0v) is 13.3. The molecule has 0 saturated carbocycles. The Labute approximate surface area is 141 Å². The summed E-state index contributed by atoms with van der Waals surface area (Å²) >= 11 is 1.34. The second kappa shape index (κ2) is 6.54. The molecule has 5 nitrogen and oxygen atoms in total. The molecule has 0 radical (unpaired) electrons. The van der Waals surface area contributed by atoms with Crippen molar-refractivity contribution >= 4 is 28.8 Å². The Bertz CT molecular complexity index is 799. The first kappa shape index (κ1) is 16.4. The molecular weight excluding hydrogens is 333 g/mol. The minimum absolute atomic E-state index is 0.0205. The van der Waals surface area contributed by atoms with Crippen molar-refractivity contribution in [2.24, 2.45) is 0 Å². The van der Waals surface area contributed by atoms with Crippen LogP contribution in [0.25, 0.3) is 5.76 Å². The summed E-state index contributed by atoms with van der Waals surface area (Å²) in [5.41, 5.74) is 0.197. The molecule has 1 unspecified atom stereocenters. The third kappa shape index (κ3) is 2.72. The van der Waals surface area contributed by atoms with Crippen LogP contribution in [0.2, 0.25) is 0 Å². The number of amides is 1. The number of nitrogens with zero attached hydrogens (tertiary/aromatic N) is 1. The second-order valence-corrected chi connectivity index (χ2v) is 6.22. The highest BCUT2D eigenvalue weighted by molar-refractivity contribution is 7.10. The Morgan fingerprint density at radius 3 is 2.50 bits per heavy atom. The number of likely N-dealkylation sites (tertiary alicyclic amines) is 1. The van der Waals surface area contributed by atoms with Gasteiger partial charge in [0.1, 0.15) is 11.6 Å². The molecule has 1 aliphatic heterocycles. The van der Waals surface area contributed by atoms with E-state index in [4.69, 9.17) is 0 Å². The number of benzene rings is 1. The van der Waals surface area contributed by atoms with E-state index >= 15 is 0 Å². The normalized spacial score (nSPS) is 19.9. The van der Waals surface area contributed by atoms with E-state index in [9.17, 15) is 24.2 Å². The summed E-state index contributed by atoms with van der Waals surface area (Å²) in [6.45, 7) is -0.321. The number of carbonyl (C=O) groups is 2. The number of thiophene rings is 1. The number of rotatable bonds is 4. The highest BCUT2D eigenvalue weighted by Crippen LogP contribution is 2.40. The molecule has 2 heterocycles. The van der Waals surface area contributed by atoms with Gasteiger partial charge >= 0.3 is 0 Å². The van der Waals surface area contributed by atoms with Gasteiger partial charge in [-0.05, 0) is 35.7 Å². The topological polar surface area (TPSA) is 77.8 Å². The number of ketones is 1. The molecule has 3 rings (SSSR count). The van der Waals surface area contributed by atoms with E-state index in [1.165, 1.54) is 40.5 Å². The van der Waals surface area contributed by atoms with Crippen LogP contribution in [0.5, 0.6) is 0 Å². The van der Waals surface area contributed by atoms with E-state index in [0.29, 0.717) is 4.88 Å². The molecule has 124 valence electrons. The lowest BCUT2D eigenvalue weighted by atomic mass is 10.00. The van der Waals surface area contributed by atoms with Crippen LogP contribution >= 0.6 is 11.3 Å². The van der Waals surface area contributed by atoms with E-state index in [0.717, 1.165) is 0 Å². The number of carbonyl (C=O) groups excluding carboxylic acids is 2. The van der Waals surface area contributed by atoms with E-state index in [1.807, 2.05) is 0 Å². The first-order valence-corrected chi connectivity index (χ1v) is 8.11. The standard InChI is InChI=1S/C17H14FNO4S/c18-11-5-3-10(4-6-11)15(21)13-14(12-2-1-9-24-12)19(7-8-20)17(23)16(13)22/h1-6,9,14,20-21H,7-8H2/b15-13-. The molecule has 2 N–H and O–H groups in total. The summed E-state index contributed by atoms with van der Waals surface area (Å²) < 4.78 is 13.1. The zero-order valence-electron chi connectivity index (χ0n) is 12.5. The molecule has 1 fully saturated rings. The van der Waals surface area contributed by atoms with Gasteiger partial charge in [-0.2, -0.15) is 0 Å². The second-order valence-electron chi connectivity index (χ2n) is 5.24. The van der Waals surface area contributed by atoms with Crippen molar-refractivity contribution in [3.05, 3.63) is 63.6 Å². The smallest absolute Gasteiger partial charge is 0.295 e. The highest BCUT2D eigenvalue weighted by atomic mass is 32.1. The molecular formula is C17H14FNO4S. The van der Waals surface area contributed by atoms with Crippen molar-refractivity contribution in [1.29, 1.82) is 0 Å². The summed E-state index contributed by atoms with van der Waals surface area (Å²) in [5, 5.41) is 21.5. The lowest BCUT2D eigenvalue weighted by Gasteiger charge is -2.23. The summed E-state index contributed by atoms with van der Waals surface area (Å²) in [4.78, 5) is 26.6. The number of hydrogen-bond donors (Lipinski definition) is 2. The Morgan fingerprint density at radius 1 is 1.21 bits per heavy atom. The van der Waals surface area contributed by atoms with Gasteiger partial charge in [0.25, 0.3) is 11.7 Å². The van der Waals surface area contributed by atoms with E-state index in [1.54, 1.807) is 17.5 Å². The lowest BCUT2D eigenvalue weighted by Crippen LogP contribution is -2.31. The van der Waals surface area contributed by atoms with E-state index in [2.05, 4.69) is 0 Å². The average Bonchev–Trinajstić information content (AvgIpc) is 3.18. The fraction of sp³-hybridized carbons (Fsp3) is 0.176. The molecule has 0 bridgehead atoms. The predicted octanol–water partition coefficient (Wildman–Crippen LogP) is 2.30. The summed E-state index contributed by atoms with van der Waals surface area (Å²) in [7, 11) is 0. The van der Waals surface area contributed by atoms with Crippen molar-refractivity contribution in [2.45, 2.75) is 6.04 Å². The molecule has 1 atom stereocenters. The van der Waals surface area contributed by atoms with Crippen molar-refractivity contribution in [2.75, 3.05) is 13.2 Å². The van der Waals surface area contributed by atoms with Gasteiger partial charge < -0.3 is 15.1 Å². The quantitative estimate of drug-likeness (QED) is 0.505. The summed E-state index contributed by atoms with van der Waals surface area (Å²) in [5.74, 6) is -2.41. The number of Topliss-reactive ketones (excluding diaryl/α,β-unsaturated/α-hetero) is 1. The van der Waals surface area contributed by atoms with Gasteiger partial charge in [-0.3, -0.25) is 9.59 Å². The molecule has 2 aromatic rings. The van der Waals surface area contributed by atoms with Crippen LogP contribution < -0.4 is 0 Å². The van der Waals surface area contributed by atoms with E-state index < -0.39 is 23.5 Å². The van der Waals surface area contributed by atoms with Crippen molar-refractivity contribution in [3.63, 3.8) is 0 Å². The minimum Gasteiger partial charge on any atom is -0.507 e. The van der Waals surface area contributed by atoms with Crippen LogP contribution in [-0.2, 0) is 9.59 Å². The predicted molar refractivity (Wildman–Crippen MR) is 86.8 cm³/mol. The molecule has 0 spiro atoms. The van der Waals surface area contributed by atoms with Gasteiger partial charge in [-0.1, -0.05) is 6.07 Å².